The van der Waals surface area contributed by atoms with Gasteiger partial charge in [0, 0.05) is 24.8 Å². The van der Waals surface area contributed by atoms with Crippen LogP contribution in [0.3, 0.4) is 0 Å². The number of hydrogen-bond donors (Lipinski definition) is 2. The van der Waals surface area contributed by atoms with Crippen LogP contribution >= 0.6 is 0 Å². The molecule has 4 saturated carbocycles. The highest BCUT2D eigenvalue weighted by Gasteiger charge is 2.71. The van der Waals surface area contributed by atoms with Crippen molar-refractivity contribution >= 4 is 17.7 Å². The molecule has 0 aliphatic heterocycles. The first-order valence-corrected chi connectivity index (χ1v) is 14.1. The Morgan fingerprint density at radius 3 is 2.35 bits per heavy atom. The van der Waals surface area contributed by atoms with Crippen LogP contribution in [0.1, 0.15) is 99.8 Å². The summed E-state index contributed by atoms with van der Waals surface area (Å²) in [5.41, 5.74) is 1.19. The molecule has 37 heavy (non-hydrogen) atoms. The highest BCUT2D eigenvalue weighted by atomic mass is 16.5. The van der Waals surface area contributed by atoms with Gasteiger partial charge in [0.2, 0.25) is 0 Å². The minimum absolute atomic E-state index is 0.147. The van der Waals surface area contributed by atoms with Crippen LogP contribution in [0.25, 0.3) is 0 Å². The highest BCUT2D eigenvalue weighted by molar-refractivity contribution is 5.90. The molecular formula is C31H46O6. The lowest BCUT2D eigenvalue weighted by atomic mass is 9.37. The first-order valence-electron chi connectivity index (χ1n) is 14.1. The molecule has 6 nitrogen and oxygen atoms in total. The summed E-state index contributed by atoms with van der Waals surface area (Å²) >= 11 is 0. The topological polar surface area (TPSA) is 101 Å². The first-order chi connectivity index (χ1) is 17.2. The molecule has 0 aromatic heterocycles. The zero-order valence-electron chi connectivity index (χ0n) is 23.7. The molecule has 4 aliphatic rings. The second kappa shape index (κ2) is 9.66. The Morgan fingerprint density at radius 2 is 1.76 bits per heavy atom. The number of ketones is 1. The Hall–Kier alpha value is -1.95. The van der Waals surface area contributed by atoms with Crippen LogP contribution in [0, 0.1) is 39.9 Å². The summed E-state index contributed by atoms with van der Waals surface area (Å²) in [6.07, 6.45) is 6.22. The molecule has 0 saturated heterocycles. The average Bonchev–Trinajstić information content (AvgIpc) is 3.05. The Kier molecular flexibility index (Phi) is 7.33. The number of Topliss-reactive ketones (excluding diaryl/α,β-unsaturated/α-hetero) is 1. The predicted octanol–water partition coefficient (Wildman–Crippen LogP) is 5.87. The van der Waals surface area contributed by atoms with Gasteiger partial charge in [-0.2, -0.15) is 0 Å². The van der Waals surface area contributed by atoms with Crippen molar-refractivity contribution in [3.05, 3.63) is 22.8 Å². The van der Waals surface area contributed by atoms with Crippen LogP contribution in [0.4, 0.5) is 0 Å². The Labute approximate surface area is 221 Å². The lowest BCUT2D eigenvalue weighted by Crippen LogP contribution is -2.64. The molecule has 0 spiro atoms. The van der Waals surface area contributed by atoms with Gasteiger partial charge in [0.05, 0.1) is 6.10 Å². The van der Waals surface area contributed by atoms with E-state index in [1.807, 2.05) is 19.9 Å². The number of aliphatic hydroxyl groups is 1. The normalized spacial score (nSPS) is 44.3. The van der Waals surface area contributed by atoms with Gasteiger partial charge in [-0.15, -0.1) is 0 Å². The number of fused-ring (bicyclic) bond motifs is 5. The van der Waals surface area contributed by atoms with E-state index in [0.717, 1.165) is 24.8 Å². The third kappa shape index (κ3) is 4.31. The van der Waals surface area contributed by atoms with E-state index in [4.69, 9.17) is 4.74 Å². The van der Waals surface area contributed by atoms with Gasteiger partial charge < -0.3 is 14.9 Å². The highest BCUT2D eigenvalue weighted by Crippen LogP contribution is 2.73. The summed E-state index contributed by atoms with van der Waals surface area (Å²) in [5.74, 6) is -1.14. The van der Waals surface area contributed by atoms with Gasteiger partial charge in [-0.1, -0.05) is 39.3 Å². The van der Waals surface area contributed by atoms with Gasteiger partial charge in [0.15, 0.2) is 0 Å². The number of carboxylic acid groups (broad SMARTS) is 1. The van der Waals surface area contributed by atoms with Gasteiger partial charge in [-0.05, 0) is 98.4 Å². The molecule has 0 aromatic rings. The van der Waals surface area contributed by atoms with Crippen molar-refractivity contribution in [3.63, 3.8) is 0 Å². The van der Waals surface area contributed by atoms with Gasteiger partial charge in [-0.3, -0.25) is 9.59 Å². The summed E-state index contributed by atoms with van der Waals surface area (Å²) in [6, 6.07) is 0. The molecule has 0 aromatic carbocycles. The van der Waals surface area contributed by atoms with Crippen molar-refractivity contribution in [3.8, 4) is 0 Å². The number of aliphatic hydroxyl groups excluding tert-OH is 1. The van der Waals surface area contributed by atoms with Crippen LogP contribution in [-0.4, -0.2) is 40.1 Å². The lowest BCUT2D eigenvalue weighted by Gasteiger charge is -2.66. The predicted molar refractivity (Wildman–Crippen MR) is 142 cm³/mol. The quantitative estimate of drug-likeness (QED) is 0.270. The van der Waals surface area contributed by atoms with E-state index in [2.05, 4.69) is 27.7 Å². The van der Waals surface area contributed by atoms with E-state index in [1.54, 1.807) is 0 Å². The second-order valence-corrected chi connectivity index (χ2v) is 13.5. The maximum Gasteiger partial charge on any atom is 0.331 e. The van der Waals surface area contributed by atoms with Crippen LogP contribution in [-0.2, 0) is 19.1 Å². The largest absolute Gasteiger partial charge is 0.478 e. The summed E-state index contributed by atoms with van der Waals surface area (Å²) in [5, 5.41) is 20.9. The van der Waals surface area contributed by atoms with Crippen molar-refractivity contribution < 1.29 is 29.3 Å². The summed E-state index contributed by atoms with van der Waals surface area (Å²) in [4.78, 5) is 39.0. The molecule has 0 bridgehead atoms. The number of ether oxygens (including phenoxy) is 1. The maximum atomic E-state index is 14.2. The third-order valence-electron chi connectivity index (χ3n) is 11.3. The first kappa shape index (κ1) is 28.1. The standard InChI is InChI=1S/C31H46O6/c1-17(2)9-8-10-20(28(35)36)26-22-15-24(34)27-29(5)13-12-23(33)18(3)21(29)11-14-30(27,6)31(22,7)16-25(26)37-19(4)32/h9,18,21-23,25,27,33H,8,10-16H2,1-7H3,(H,35,36)/b26-20-/t18-,21-,22-,23-,25-,27?,29-,30-,31-/m0/s1. The maximum absolute atomic E-state index is 14.2. The summed E-state index contributed by atoms with van der Waals surface area (Å²) < 4.78 is 5.84. The Bertz CT molecular complexity index is 1040. The lowest BCUT2D eigenvalue weighted by molar-refractivity contribution is -0.198. The van der Waals surface area contributed by atoms with Gasteiger partial charge in [-0.25, -0.2) is 4.79 Å². The molecule has 206 valence electrons. The summed E-state index contributed by atoms with van der Waals surface area (Å²) in [7, 11) is 0. The van der Waals surface area contributed by atoms with Crippen molar-refractivity contribution in [2.75, 3.05) is 0 Å². The fourth-order valence-corrected chi connectivity index (χ4v) is 9.47. The molecule has 6 heteroatoms. The number of hydrogen-bond acceptors (Lipinski definition) is 5. The minimum Gasteiger partial charge on any atom is -0.478 e. The summed E-state index contributed by atoms with van der Waals surface area (Å²) in [6.45, 7) is 14.2. The number of esters is 1. The smallest absolute Gasteiger partial charge is 0.331 e. The van der Waals surface area contributed by atoms with Crippen LogP contribution in [0.2, 0.25) is 0 Å². The zero-order chi connectivity index (χ0) is 27.5. The minimum atomic E-state index is -0.982. The van der Waals surface area contributed by atoms with E-state index in [1.165, 1.54) is 6.92 Å². The van der Waals surface area contributed by atoms with Crippen LogP contribution in [0.5, 0.6) is 0 Å². The van der Waals surface area contributed by atoms with Crippen LogP contribution < -0.4 is 0 Å². The number of rotatable bonds is 5. The molecule has 9 atom stereocenters. The molecule has 4 rings (SSSR count). The van der Waals surface area contributed by atoms with Crippen molar-refractivity contribution in [2.24, 2.45) is 39.9 Å². The van der Waals surface area contributed by atoms with Gasteiger partial charge in [0.25, 0.3) is 0 Å². The zero-order valence-corrected chi connectivity index (χ0v) is 23.7. The second-order valence-electron chi connectivity index (χ2n) is 13.5. The SMILES string of the molecule is CC(=O)O[C@H]1C[C@@]2(C)[C@@H](CC(=O)C3[C@]2(C)CC[C@H]2[C@H](C)[C@@H](O)CC[C@]32C)/C1=C(\CCC=C(C)C)C(=O)O. The molecule has 0 radical (unpaired) electrons. The Morgan fingerprint density at radius 1 is 1.08 bits per heavy atom. The van der Waals surface area contributed by atoms with E-state index in [0.29, 0.717) is 43.3 Å². The average molecular weight is 515 g/mol. The molecule has 0 amide bonds. The number of carbonyl (C=O) groups is 3. The monoisotopic (exact) mass is 514 g/mol. The number of carbonyl (C=O) groups excluding carboxylic acids is 2. The number of allylic oxidation sites excluding steroid dienone is 2. The fraction of sp³-hybridized carbons (Fsp3) is 0.774. The molecule has 2 N–H and O–H groups in total. The van der Waals surface area contributed by atoms with Crippen molar-refractivity contribution in [1.29, 1.82) is 0 Å². The van der Waals surface area contributed by atoms with E-state index >= 15 is 0 Å². The molecule has 4 fully saturated rings. The molecule has 4 aliphatic carbocycles. The molecule has 0 heterocycles. The Balaban J connectivity index is 1.83. The fourth-order valence-electron chi connectivity index (χ4n) is 9.47. The van der Waals surface area contributed by atoms with E-state index in [9.17, 15) is 24.6 Å². The van der Waals surface area contributed by atoms with Gasteiger partial charge >= 0.3 is 11.9 Å². The number of aliphatic carboxylic acids is 1. The van der Waals surface area contributed by atoms with Crippen molar-refractivity contribution in [1.82, 2.24) is 0 Å². The molecule has 1 unspecified atom stereocenters. The third-order valence-corrected chi connectivity index (χ3v) is 11.3. The van der Waals surface area contributed by atoms with Crippen molar-refractivity contribution in [2.45, 2.75) is 112 Å². The number of carboxylic acids is 1. The van der Waals surface area contributed by atoms with E-state index in [-0.39, 0.29) is 51.8 Å². The van der Waals surface area contributed by atoms with E-state index < -0.39 is 18.0 Å². The van der Waals surface area contributed by atoms with Gasteiger partial charge in [0.1, 0.15) is 11.9 Å². The molecular weight excluding hydrogens is 468 g/mol. The van der Waals surface area contributed by atoms with Crippen LogP contribution in [0.15, 0.2) is 22.8 Å².